The molecule has 1 aromatic heterocycles. The van der Waals surface area contributed by atoms with Crippen molar-refractivity contribution in [3.05, 3.63) is 46.2 Å². The first kappa shape index (κ1) is 28.9. The second kappa shape index (κ2) is 13.2. The number of methoxy groups -OCH3 is 1. The molecule has 1 aliphatic heterocycles. The van der Waals surface area contributed by atoms with Crippen LogP contribution >= 0.6 is 11.3 Å². The normalized spacial score (nSPS) is 22.6. The molecule has 0 aliphatic carbocycles. The van der Waals surface area contributed by atoms with Crippen LogP contribution in [0.2, 0.25) is 0 Å². The Morgan fingerprint density at radius 2 is 1.42 bits per heavy atom. The summed E-state index contributed by atoms with van der Waals surface area (Å²) in [6.45, 7) is 4.37. The van der Waals surface area contributed by atoms with Crippen molar-refractivity contribution in [1.82, 2.24) is 0 Å². The van der Waals surface area contributed by atoms with Gasteiger partial charge in [0.25, 0.3) is 0 Å². The molecule has 206 valence electrons. The van der Waals surface area contributed by atoms with E-state index in [9.17, 15) is 19.2 Å². The molecule has 1 fully saturated rings. The fourth-order valence-electron chi connectivity index (χ4n) is 3.90. The van der Waals surface area contributed by atoms with E-state index in [-0.39, 0.29) is 6.61 Å². The van der Waals surface area contributed by atoms with Gasteiger partial charge in [-0.25, -0.2) is 0 Å². The van der Waals surface area contributed by atoms with Crippen molar-refractivity contribution in [3.8, 4) is 11.5 Å². The predicted molar refractivity (Wildman–Crippen MR) is 133 cm³/mol. The summed E-state index contributed by atoms with van der Waals surface area (Å²) in [7, 11) is 1.59. The highest BCUT2D eigenvalue weighted by Crippen LogP contribution is 2.34. The number of benzene rings is 1. The minimum absolute atomic E-state index is 0.333. The molecule has 12 heteroatoms. The highest BCUT2D eigenvalue weighted by Gasteiger charge is 2.53. The maximum atomic E-state index is 12.0. The Labute approximate surface area is 223 Å². The van der Waals surface area contributed by atoms with Crippen LogP contribution in [0.1, 0.15) is 38.1 Å². The number of hydrogen-bond donors (Lipinski definition) is 0. The Morgan fingerprint density at radius 1 is 0.816 bits per heavy atom. The van der Waals surface area contributed by atoms with Gasteiger partial charge in [0.15, 0.2) is 12.2 Å². The molecular weight excluding hydrogens is 520 g/mol. The predicted octanol–water partition coefficient (Wildman–Crippen LogP) is 2.81. The average molecular weight is 551 g/mol. The molecule has 2 aromatic rings. The number of carbonyl (C=O) groups excluding carboxylic acids is 4. The zero-order valence-electron chi connectivity index (χ0n) is 21.7. The van der Waals surface area contributed by atoms with E-state index in [0.717, 1.165) is 30.0 Å². The van der Waals surface area contributed by atoms with Gasteiger partial charge >= 0.3 is 23.9 Å². The van der Waals surface area contributed by atoms with Crippen LogP contribution in [0.3, 0.4) is 0 Å². The number of hydrogen-bond acceptors (Lipinski definition) is 12. The molecule has 3 rings (SSSR count). The molecule has 2 heterocycles. The van der Waals surface area contributed by atoms with Crippen LogP contribution in [0.5, 0.6) is 11.5 Å². The van der Waals surface area contributed by atoms with E-state index in [0.29, 0.717) is 12.2 Å². The molecule has 5 atom stereocenters. The molecule has 0 amide bonds. The molecular formula is C26H30O11S. The fourth-order valence-corrected chi connectivity index (χ4v) is 4.74. The zero-order valence-corrected chi connectivity index (χ0v) is 22.5. The van der Waals surface area contributed by atoms with E-state index >= 15 is 0 Å². The summed E-state index contributed by atoms with van der Waals surface area (Å²) in [4.78, 5) is 48.2. The van der Waals surface area contributed by atoms with Crippen LogP contribution in [-0.4, -0.2) is 68.3 Å². The van der Waals surface area contributed by atoms with Gasteiger partial charge in [0, 0.05) is 34.1 Å². The summed E-state index contributed by atoms with van der Waals surface area (Å²) < 4.78 is 38.8. The van der Waals surface area contributed by atoms with Gasteiger partial charge in [0.05, 0.1) is 12.0 Å². The monoisotopic (exact) mass is 550 g/mol. The molecule has 0 saturated carbocycles. The van der Waals surface area contributed by atoms with Gasteiger partial charge in [-0.1, -0.05) is 12.1 Å². The van der Waals surface area contributed by atoms with Crippen LogP contribution in [0.15, 0.2) is 35.7 Å². The number of ether oxygens (including phenoxy) is 7. The Hall–Kier alpha value is -3.64. The largest absolute Gasteiger partial charge is 0.497 e. The smallest absolute Gasteiger partial charge is 0.303 e. The van der Waals surface area contributed by atoms with E-state index < -0.39 is 54.6 Å². The summed E-state index contributed by atoms with van der Waals surface area (Å²) >= 11 is 1.45. The number of rotatable bonds is 10. The quantitative estimate of drug-likeness (QED) is 0.319. The Morgan fingerprint density at radius 3 is 2.00 bits per heavy atom. The van der Waals surface area contributed by atoms with E-state index in [1.54, 1.807) is 13.2 Å². The molecule has 0 spiro atoms. The summed E-state index contributed by atoms with van der Waals surface area (Å²) in [5.41, 5.74) is 1.000. The molecule has 5 unspecified atom stereocenters. The molecule has 1 aromatic carbocycles. The van der Waals surface area contributed by atoms with Gasteiger partial charge < -0.3 is 33.2 Å². The third-order valence-corrected chi connectivity index (χ3v) is 6.32. The van der Waals surface area contributed by atoms with Gasteiger partial charge in [-0.15, -0.1) is 11.3 Å². The SMILES string of the molecule is COc1ccc(Cc2sccc2OC2OC(COC(C)=O)C(OC(C)=O)C(OC(C)=O)C2OC(C)=O)cc1. The summed E-state index contributed by atoms with van der Waals surface area (Å²) in [6.07, 6.45) is -5.71. The van der Waals surface area contributed by atoms with Crippen molar-refractivity contribution in [2.75, 3.05) is 13.7 Å². The summed E-state index contributed by atoms with van der Waals surface area (Å²) in [5, 5.41) is 1.83. The van der Waals surface area contributed by atoms with Crippen molar-refractivity contribution in [3.63, 3.8) is 0 Å². The molecule has 0 radical (unpaired) electrons. The first-order valence-corrected chi connectivity index (χ1v) is 12.6. The first-order chi connectivity index (χ1) is 18.1. The van der Waals surface area contributed by atoms with Crippen LogP contribution in [0.25, 0.3) is 0 Å². The highest BCUT2D eigenvalue weighted by molar-refractivity contribution is 7.10. The maximum Gasteiger partial charge on any atom is 0.303 e. The molecule has 11 nitrogen and oxygen atoms in total. The van der Waals surface area contributed by atoms with Crippen LogP contribution in [-0.2, 0) is 49.3 Å². The molecule has 0 bridgehead atoms. The van der Waals surface area contributed by atoms with E-state index in [1.165, 1.54) is 25.2 Å². The lowest BCUT2D eigenvalue weighted by molar-refractivity contribution is -0.288. The van der Waals surface area contributed by atoms with Gasteiger partial charge in [0.1, 0.15) is 24.2 Å². The van der Waals surface area contributed by atoms with E-state index in [2.05, 4.69) is 0 Å². The Balaban J connectivity index is 1.93. The van der Waals surface area contributed by atoms with Crippen LogP contribution < -0.4 is 9.47 Å². The fraction of sp³-hybridized carbons (Fsp3) is 0.462. The summed E-state index contributed by atoms with van der Waals surface area (Å²) in [6, 6.07) is 9.29. The minimum atomic E-state index is -1.30. The van der Waals surface area contributed by atoms with E-state index in [1.807, 2.05) is 29.6 Å². The second-order valence-corrected chi connectivity index (χ2v) is 9.42. The van der Waals surface area contributed by atoms with Crippen molar-refractivity contribution < 1.29 is 52.3 Å². The zero-order chi connectivity index (χ0) is 27.8. The third kappa shape index (κ3) is 7.93. The molecule has 38 heavy (non-hydrogen) atoms. The third-order valence-electron chi connectivity index (χ3n) is 5.42. The summed E-state index contributed by atoms with van der Waals surface area (Å²) in [5.74, 6) is -1.54. The average Bonchev–Trinajstić information content (AvgIpc) is 3.27. The van der Waals surface area contributed by atoms with Crippen molar-refractivity contribution in [2.24, 2.45) is 0 Å². The second-order valence-electron chi connectivity index (χ2n) is 8.42. The lowest BCUT2D eigenvalue weighted by Gasteiger charge is -2.43. The Bertz CT molecular complexity index is 1130. The standard InChI is InChI=1S/C26H30O11S/c1-14(27)32-13-21-23(33-15(2)28)24(34-16(3)29)25(35-17(4)30)26(37-21)36-20-10-11-38-22(20)12-18-6-8-19(31-5)9-7-18/h6-11,21,23-26H,12-13H2,1-5H3. The van der Waals surface area contributed by atoms with Gasteiger partial charge in [-0.3, -0.25) is 19.2 Å². The number of carbonyl (C=O) groups is 4. The first-order valence-electron chi connectivity index (χ1n) is 11.7. The molecule has 0 N–H and O–H groups in total. The lowest BCUT2D eigenvalue weighted by Crippen LogP contribution is -2.63. The maximum absolute atomic E-state index is 12.0. The van der Waals surface area contributed by atoms with Crippen molar-refractivity contribution >= 4 is 35.2 Å². The number of thiophene rings is 1. The molecule has 1 aliphatic rings. The van der Waals surface area contributed by atoms with Crippen LogP contribution in [0, 0.1) is 0 Å². The van der Waals surface area contributed by atoms with Gasteiger partial charge in [-0.2, -0.15) is 0 Å². The van der Waals surface area contributed by atoms with Crippen molar-refractivity contribution in [2.45, 2.75) is 64.8 Å². The highest BCUT2D eigenvalue weighted by atomic mass is 32.1. The number of esters is 4. The van der Waals surface area contributed by atoms with E-state index in [4.69, 9.17) is 33.2 Å². The Kier molecular flexibility index (Phi) is 10.1. The van der Waals surface area contributed by atoms with Gasteiger partial charge in [-0.05, 0) is 29.1 Å². The van der Waals surface area contributed by atoms with Crippen LogP contribution in [0.4, 0.5) is 0 Å². The molecule has 1 saturated heterocycles. The topological polar surface area (TPSA) is 133 Å². The van der Waals surface area contributed by atoms with Crippen molar-refractivity contribution in [1.29, 1.82) is 0 Å². The van der Waals surface area contributed by atoms with Gasteiger partial charge in [0.2, 0.25) is 12.4 Å². The lowest BCUT2D eigenvalue weighted by atomic mass is 9.98. The minimum Gasteiger partial charge on any atom is -0.497 e.